The van der Waals surface area contributed by atoms with Gasteiger partial charge in [0.1, 0.15) is 5.75 Å². The van der Waals surface area contributed by atoms with Gasteiger partial charge in [-0.05, 0) is 61.1 Å². The summed E-state index contributed by atoms with van der Waals surface area (Å²) >= 11 is 0. The Kier molecular flexibility index (Phi) is 6.82. The average molecular weight is 517 g/mol. The Labute approximate surface area is 199 Å². The van der Waals surface area contributed by atoms with Crippen LogP contribution in [0.15, 0.2) is 53.4 Å². The number of nitrogens with one attached hydrogen (secondary N) is 1. The molecule has 1 aliphatic heterocycles. The predicted octanol–water partition coefficient (Wildman–Crippen LogP) is 3.87. The number of benzene rings is 2. The number of hydrogen-bond donors (Lipinski definition) is 2. The maximum absolute atomic E-state index is 13.5. The molecule has 1 saturated carbocycles. The van der Waals surface area contributed by atoms with Crippen molar-refractivity contribution in [3.8, 4) is 16.9 Å². The summed E-state index contributed by atoms with van der Waals surface area (Å²) < 4.78 is 80.1. The van der Waals surface area contributed by atoms with Crippen molar-refractivity contribution in [3.63, 3.8) is 0 Å². The lowest BCUT2D eigenvalue weighted by Gasteiger charge is -2.39. The molecule has 1 aliphatic carbocycles. The van der Waals surface area contributed by atoms with Crippen molar-refractivity contribution in [2.45, 2.75) is 53.9 Å². The van der Waals surface area contributed by atoms with Crippen LogP contribution in [0.25, 0.3) is 11.1 Å². The molecule has 2 aromatic carbocycles. The second kappa shape index (κ2) is 9.40. The molecular formula is C23H24F4N2O5S. The molecule has 190 valence electrons. The van der Waals surface area contributed by atoms with Crippen LogP contribution in [0.5, 0.6) is 5.75 Å². The molecule has 2 aliphatic rings. The summed E-state index contributed by atoms with van der Waals surface area (Å²) in [4.78, 5) is 14.7. The van der Waals surface area contributed by atoms with Crippen molar-refractivity contribution < 1.29 is 40.7 Å². The van der Waals surface area contributed by atoms with Crippen LogP contribution in [0.3, 0.4) is 0 Å². The van der Waals surface area contributed by atoms with Gasteiger partial charge in [-0.25, -0.2) is 13.9 Å². The van der Waals surface area contributed by atoms with Crippen molar-refractivity contribution in [1.82, 2.24) is 10.4 Å². The van der Waals surface area contributed by atoms with Crippen molar-refractivity contribution in [1.29, 1.82) is 0 Å². The number of likely N-dealkylation sites (tertiary alicyclic amines) is 1. The molecule has 0 atom stereocenters. The average Bonchev–Trinajstić information content (AvgIpc) is 3.69. The molecule has 2 N–H and O–H groups in total. The number of ether oxygens (including phenoxy) is 1. The van der Waals surface area contributed by atoms with Crippen LogP contribution < -0.4 is 10.2 Å². The first-order chi connectivity index (χ1) is 16.5. The van der Waals surface area contributed by atoms with E-state index in [1.54, 1.807) is 0 Å². The summed E-state index contributed by atoms with van der Waals surface area (Å²) in [7, 11) is -4.17. The molecule has 4 rings (SSSR count). The summed E-state index contributed by atoms with van der Waals surface area (Å²) in [6.07, 6.45) is -6.41. The molecule has 1 heterocycles. The number of nitrogens with zero attached hydrogens (tertiary/aromatic N) is 1. The summed E-state index contributed by atoms with van der Waals surface area (Å²) in [5.41, 5.74) is 2.56. The van der Waals surface area contributed by atoms with Crippen LogP contribution in [0, 0.1) is 0 Å². The Morgan fingerprint density at radius 3 is 2.00 bits per heavy atom. The van der Waals surface area contributed by atoms with Crippen LogP contribution in [0.4, 0.5) is 17.6 Å². The zero-order valence-corrected chi connectivity index (χ0v) is 19.3. The van der Waals surface area contributed by atoms with Gasteiger partial charge in [0, 0.05) is 19.1 Å². The number of sulfone groups is 1. The van der Waals surface area contributed by atoms with Crippen LogP contribution in [0.1, 0.15) is 25.7 Å². The molecule has 7 nitrogen and oxygen atoms in total. The highest BCUT2D eigenvalue weighted by atomic mass is 32.2. The summed E-state index contributed by atoms with van der Waals surface area (Å²) in [5, 5.41) is 9.29. The number of carbonyl (C=O) groups is 1. The second-order valence-corrected chi connectivity index (χ2v) is 11.0. The minimum atomic E-state index is -4.62. The zero-order chi connectivity index (χ0) is 25.4. The summed E-state index contributed by atoms with van der Waals surface area (Å²) in [6, 6.07) is 11.0. The largest absolute Gasteiger partial charge is 0.461 e. The smallest absolute Gasteiger partial charge is 0.428 e. The van der Waals surface area contributed by atoms with Gasteiger partial charge in [-0.2, -0.15) is 17.6 Å². The van der Waals surface area contributed by atoms with Gasteiger partial charge in [0.15, 0.2) is 14.6 Å². The molecule has 2 aromatic rings. The monoisotopic (exact) mass is 516 g/mol. The topological polar surface area (TPSA) is 95.9 Å². The first kappa shape index (κ1) is 25.4. The molecule has 1 amide bonds. The molecule has 0 unspecified atom stereocenters. The Balaban J connectivity index is 1.54. The number of piperidine rings is 1. The van der Waals surface area contributed by atoms with E-state index in [0.717, 1.165) is 25.0 Å². The predicted molar refractivity (Wildman–Crippen MR) is 117 cm³/mol. The lowest BCUT2D eigenvalue weighted by molar-refractivity contribution is -0.253. The third-order valence-corrected chi connectivity index (χ3v) is 9.07. The van der Waals surface area contributed by atoms with E-state index in [1.165, 1.54) is 41.9 Å². The van der Waals surface area contributed by atoms with Crippen molar-refractivity contribution in [2.75, 3.05) is 13.1 Å². The maximum atomic E-state index is 13.5. The zero-order valence-electron chi connectivity index (χ0n) is 18.5. The normalized spacial score (nSPS) is 18.9. The number of halogens is 4. The van der Waals surface area contributed by atoms with Gasteiger partial charge in [-0.3, -0.25) is 10.0 Å². The Bertz CT molecular complexity index is 1160. The summed E-state index contributed by atoms with van der Waals surface area (Å²) in [5.74, 6) is -1.42. The van der Waals surface area contributed by atoms with Crippen molar-refractivity contribution in [2.24, 2.45) is 0 Å². The van der Waals surface area contributed by atoms with E-state index < -0.39 is 38.8 Å². The van der Waals surface area contributed by atoms with E-state index >= 15 is 0 Å². The fourth-order valence-corrected chi connectivity index (χ4v) is 6.33. The van der Waals surface area contributed by atoms with E-state index in [0.29, 0.717) is 30.3 Å². The van der Waals surface area contributed by atoms with Crippen molar-refractivity contribution in [3.05, 3.63) is 48.5 Å². The van der Waals surface area contributed by atoms with Gasteiger partial charge in [0.25, 0.3) is 5.91 Å². The lowest BCUT2D eigenvalue weighted by atomic mass is 9.94. The highest BCUT2D eigenvalue weighted by Crippen LogP contribution is 2.39. The number of amides is 1. The van der Waals surface area contributed by atoms with Gasteiger partial charge >= 0.3 is 12.5 Å². The molecule has 2 fully saturated rings. The van der Waals surface area contributed by atoms with Gasteiger partial charge in [0.05, 0.1) is 4.90 Å². The number of rotatable bonds is 8. The molecule has 12 heteroatoms. The van der Waals surface area contributed by atoms with E-state index in [4.69, 9.17) is 0 Å². The molecule has 0 radical (unpaired) electrons. The molecule has 0 aromatic heterocycles. The van der Waals surface area contributed by atoms with E-state index in [-0.39, 0.29) is 17.7 Å². The second-order valence-electron chi connectivity index (χ2n) is 8.72. The highest BCUT2D eigenvalue weighted by molar-refractivity contribution is 7.93. The van der Waals surface area contributed by atoms with Gasteiger partial charge in [-0.15, -0.1) is 0 Å². The molecule has 0 spiro atoms. The first-order valence-corrected chi connectivity index (χ1v) is 12.5. The van der Waals surface area contributed by atoms with Gasteiger partial charge in [-0.1, -0.05) is 24.3 Å². The number of hydroxylamine groups is 1. The minimum Gasteiger partial charge on any atom is -0.428 e. The third kappa shape index (κ3) is 4.87. The number of hydrogen-bond acceptors (Lipinski definition) is 6. The molecule has 0 bridgehead atoms. The third-order valence-electron chi connectivity index (χ3n) is 6.56. The Morgan fingerprint density at radius 1 is 1.03 bits per heavy atom. The molecule has 1 saturated heterocycles. The van der Waals surface area contributed by atoms with Gasteiger partial charge < -0.3 is 9.64 Å². The summed E-state index contributed by atoms with van der Waals surface area (Å²) in [6.45, 7) is 0.850. The fourth-order valence-electron chi connectivity index (χ4n) is 4.38. The van der Waals surface area contributed by atoms with Crippen LogP contribution in [0.2, 0.25) is 0 Å². The maximum Gasteiger partial charge on any atom is 0.461 e. The van der Waals surface area contributed by atoms with Crippen LogP contribution in [-0.2, 0) is 14.6 Å². The Hall–Kier alpha value is -2.70. The number of alkyl halides is 4. The highest BCUT2D eigenvalue weighted by Gasteiger charge is 2.54. The van der Waals surface area contributed by atoms with Crippen LogP contribution in [-0.4, -0.2) is 60.8 Å². The Morgan fingerprint density at radius 2 is 1.54 bits per heavy atom. The fraction of sp³-hybridized carbons (Fsp3) is 0.435. The van der Waals surface area contributed by atoms with Crippen LogP contribution >= 0.6 is 0 Å². The minimum absolute atomic E-state index is 0.0463. The van der Waals surface area contributed by atoms with Crippen molar-refractivity contribution >= 4 is 15.7 Å². The molecular weight excluding hydrogens is 492 g/mol. The van der Waals surface area contributed by atoms with E-state index in [9.17, 15) is 36.0 Å². The first-order valence-electron chi connectivity index (χ1n) is 11.0. The lowest BCUT2D eigenvalue weighted by Crippen LogP contribution is -2.58. The SMILES string of the molecule is O=C(NO)C1(S(=O)(=O)c2ccc(-c3ccc(OC(F)(F)C(F)F)cc3)cc2)CCN(C2CC2)CC1. The number of carbonyl (C=O) groups excluding carboxylic acids is 1. The van der Waals surface area contributed by atoms with E-state index in [2.05, 4.69) is 9.64 Å². The van der Waals surface area contributed by atoms with Gasteiger partial charge in [0.2, 0.25) is 0 Å². The molecule has 35 heavy (non-hydrogen) atoms. The quantitative estimate of drug-likeness (QED) is 0.314. The van der Waals surface area contributed by atoms with E-state index in [1.807, 2.05) is 0 Å². The standard InChI is InChI=1S/C23H24F4N2O5S/c24-20(25)23(26,27)34-18-7-1-15(2-8-18)16-3-9-19(10-4-16)35(32,33)22(21(30)28-31)11-13-29(14-12-22)17-5-6-17/h1-4,7-10,17,20,31H,5-6,11-14H2,(H,28,30).